The van der Waals surface area contributed by atoms with Gasteiger partial charge in [0.1, 0.15) is 0 Å². The molecule has 0 bridgehead atoms. The molecule has 2 aromatic heterocycles. The van der Waals surface area contributed by atoms with E-state index in [-0.39, 0.29) is 24.2 Å². The molecule has 190 valence electrons. The third-order valence-electron chi connectivity index (χ3n) is 6.09. The SMILES string of the molecule is C=C(c1nc(/C=C/CNC(=O)c2cnn(C)c2)cc2c(N[C@@H]3CCCNCC3)cccc12)C(F)(F)F. The lowest BCUT2D eigenvalue weighted by atomic mass is 10.0. The first kappa shape index (κ1) is 25.4. The zero-order valence-corrected chi connectivity index (χ0v) is 20.0. The summed E-state index contributed by atoms with van der Waals surface area (Å²) < 4.78 is 42.4. The largest absolute Gasteiger partial charge is 0.417 e. The number of aromatic nitrogens is 3. The number of benzene rings is 1. The van der Waals surface area contributed by atoms with Crippen LogP contribution >= 0.6 is 0 Å². The summed E-state index contributed by atoms with van der Waals surface area (Å²) in [5, 5.41) is 14.6. The summed E-state index contributed by atoms with van der Waals surface area (Å²) in [6.07, 6.45) is 4.61. The summed E-state index contributed by atoms with van der Waals surface area (Å²) in [5.74, 6) is -0.297. The van der Waals surface area contributed by atoms with Gasteiger partial charge in [0.25, 0.3) is 5.91 Å². The van der Waals surface area contributed by atoms with Crippen molar-refractivity contribution in [2.75, 3.05) is 25.0 Å². The average molecular weight is 499 g/mol. The van der Waals surface area contributed by atoms with Crippen molar-refractivity contribution in [2.45, 2.75) is 31.5 Å². The molecule has 1 fully saturated rings. The molecule has 7 nitrogen and oxygen atoms in total. The highest BCUT2D eigenvalue weighted by Crippen LogP contribution is 2.37. The van der Waals surface area contributed by atoms with E-state index in [0.29, 0.717) is 22.0 Å². The van der Waals surface area contributed by atoms with Crippen molar-refractivity contribution in [3.8, 4) is 0 Å². The number of carbonyl (C=O) groups is 1. The number of aryl methyl sites for hydroxylation is 1. The number of anilines is 1. The van der Waals surface area contributed by atoms with E-state index in [2.05, 4.69) is 32.6 Å². The Kier molecular flexibility index (Phi) is 7.73. The third kappa shape index (κ3) is 6.12. The van der Waals surface area contributed by atoms with Gasteiger partial charge in [0.15, 0.2) is 0 Å². The molecule has 4 rings (SSSR count). The number of fused-ring (bicyclic) bond motifs is 1. The number of hydrogen-bond acceptors (Lipinski definition) is 5. The van der Waals surface area contributed by atoms with Crippen LogP contribution in [-0.4, -0.2) is 52.5 Å². The molecule has 1 aliphatic heterocycles. The van der Waals surface area contributed by atoms with E-state index in [0.717, 1.165) is 38.0 Å². The second-order valence-electron chi connectivity index (χ2n) is 8.81. The van der Waals surface area contributed by atoms with Crippen LogP contribution < -0.4 is 16.0 Å². The Morgan fingerprint density at radius 3 is 2.86 bits per heavy atom. The summed E-state index contributed by atoms with van der Waals surface area (Å²) in [6.45, 7) is 5.32. The van der Waals surface area contributed by atoms with Crippen molar-refractivity contribution >= 4 is 34.0 Å². The molecular weight excluding hydrogens is 469 g/mol. The Morgan fingerprint density at radius 2 is 2.11 bits per heavy atom. The van der Waals surface area contributed by atoms with Crippen molar-refractivity contribution in [3.63, 3.8) is 0 Å². The van der Waals surface area contributed by atoms with Gasteiger partial charge in [-0.1, -0.05) is 24.8 Å². The molecule has 0 saturated carbocycles. The van der Waals surface area contributed by atoms with Crippen LogP contribution in [0.3, 0.4) is 0 Å². The lowest BCUT2D eigenvalue weighted by molar-refractivity contribution is -0.0688. The molecule has 1 aromatic carbocycles. The second-order valence-corrected chi connectivity index (χ2v) is 8.81. The Hall–Kier alpha value is -3.66. The number of nitrogens with one attached hydrogen (secondary N) is 3. The fourth-order valence-electron chi connectivity index (χ4n) is 4.23. The minimum atomic E-state index is -4.61. The highest BCUT2D eigenvalue weighted by Gasteiger charge is 2.35. The number of allylic oxidation sites excluding steroid dienone is 1. The van der Waals surface area contributed by atoms with Crippen LogP contribution in [0.2, 0.25) is 0 Å². The Balaban J connectivity index is 1.63. The van der Waals surface area contributed by atoms with Crippen LogP contribution in [-0.2, 0) is 7.05 Å². The van der Waals surface area contributed by atoms with Crippen LogP contribution in [0.15, 0.2) is 49.3 Å². The number of rotatable bonds is 7. The normalized spacial score (nSPS) is 16.7. The molecule has 0 unspecified atom stereocenters. The molecule has 1 atom stereocenters. The number of pyridine rings is 1. The van der Waals surface area contributed by atoms with E-state index in [4.69, 9.17) is 0 Å². The first-order valence-corrected chi connectivity index (χ1v) is 11.8. The number of hydrogen-bond donors (Lipinski definition) is 3. The quantitative estimate of drug-likeness (QED) is 0.446. The lowest BCUT2D eigenvalue weighted by Crippen LogP contribution is -2.22. The van der Waals surface area contributed by atoms with E-state index in [1.807, 2.05) is 6.07 Å². The predicted molar refractivity (Wildman–Crippen MR) is 136 cm³/mol. The van der Waals surface area contributed by atoms with Crippen molar-refractivity contribution in [1.82, 2.24) is 25.4 Å². The van der Waals surface area contributed by atoms with Crippen molar-refractivity contribution in [2.24, 2.45) is 7.05 Å². The summed E-state index contributed by atoms with van der Waals surface area (Å²) >= 11 is 0. The first-order chi connectivity index (χ1) is 17.2. The smallest absolute Gasteiger partial charge is 0.382 e. The summed E-state index contributed by atoms with van der Waals surface area (Å²) in [5.41, 5.74) is 0.324. The van der Waals surface area contributed by atoms with E-state index < -0.39 is 11.7 Å². The molecule has 0 spiro atoms. The Morgan fingerprint density at radius 1 is 1.28 bits per heavy atom. The second kappa shape index (κ2) is 10.9. The monoisotopic (exact) mass is 498 g/mol. The number of carbonyl (C=O) groups excluding carboxylic acids is 1. The number of alkyl halides is 3. The van der Waals surface area contributed by atoms with Crippen molar-refractivity contribution in [3.05, 3.63) is 66.3 Å². The fourth-order valence-corrected chi connectivity index (χ4v) is 4.23. The maximum Gasteiger partial charge on any atom is 0.417 e. The van der Waals surface area contributed by atoms with E-state index in [1.54, 1.807) is 43.6 Å². The standard InChI is InChI=1S/C26H29F3N6O/c1-17(26(27,28)29)24-21-8-3-9-23(33-19-6-4-11-30-13-10-19)22(21)14-20(34-24)7-5-12-31-25(36)18-15-32-35(2)16-18/h3,5,7-9,14-16,19,30,33H,1,4,6,10-13H2,2H3,(H,31,36)/b7-5+/t19-/m1/s1. The van der Waals surface area contributed by atoms with Gasteiger partial charge < -0.3 is 16.0 Å². The molecule has 3 aromatic rings. The van der Waals surface area contributed by atoms with Gasteiger partial charge in [0, 0.05) is 42.3 Å². The van der Waals surface area contributed by atoms with Crippen LogP contribution in [0.1, 0.15) is 41.0 Å². The molecule has 3 heterocycles. The van der Waals surface area contributed by atoms with E-state index >= 15 is 0 Å². The minimum Gasteiger partial charge on any atom is -0.382 e. The summed E-state index contributed by atoms with van der Waals surface area (Å²) in [6, 6.07) is 7.23. The zero-order valence-electron chi connectivity index (χ0n) is 20.0. The van der Waals surface area contributed by atoms with Crippen molar-refractivity contribution in [1.29, 1.82) is 0 Å². The number of nitrogens with zero attached hydrogens (tertiary/aromatic N) is 3. The maximum atomic E-state index is 13.6. The minimum absolute atomic E-state index is 0.179. The highest BCUT2D eigenvalue weighted by atomic mass is 19.4. The van der Waals surface area contributed by atoms with E-state index in [9.17, 15) is 18.0 Å². The summed E-state index contributed by atoms with van der Waals surface area (Å²) in [7, 11) is 1.71. The van der Waals surface area contributed by atoms with Gasteiger partial charge in [-0.2, -0.15) is 18.3 Å². The third-order valence-corrected chi connectivity index (χ3v) is 6.09. The predicted octanol–water partition coefficient (Wildman–Crippen LogP) is 4.54. The Labute approximate surface area is 207 Å². The van der Waals surface area contributed by atoms with Gasteiger partial charge in [0.05, 0.1) is 28.7 Å². The molecule has 1 saturated heterocycles. The average Bonchev–Trinajstić information content (AvgIpc) is 3.12. The topological polar surface area (TPSA) is 83.9 Å². The van der Waals surface area contributed by atoms with Crippen LogP contribution in [0.5, 0.6) is 0 Å². The maximum absolute atomic E-state index is 13.6. The number of halogens is 3. The molecule has 0 aliphatic carbocycles. The molecule has 10 heteroatoms. The molecular formula is C26H29F3N6O. The first-order valence-electron chi connectivity index (χ1n) is 11.8. The van der Waals surface area contributed by atoms with Gasteiger partial charge in [-0.15, -0.1) is 0 Å². The molecule has 0 radical (unpaired) electrons. The fraction of sp³-hybridized carbons (Fsp3) is 0.346. The zero-order chi connectivity index (χ0) is 25.7. The Bertz CT molecular complexity index is 1270. The van der Waals surface area contributed by atoms with Crippen LogP contribution in [0.4, 0.5) is 18.9 Å². The van der Waals surface area contributed by atoms with Crippen LogP contribution in [0, 0.1) is 0 Å². The van der Waals surface area contributed by atoms with Crippen molar-refractivity contribution < 1.29 is 18.0 Å². The van der Waals surface area contributed by atoms with Gasteiger partial charge in [-0.3, -0.25) is 9.48 Å². The molecule has 1 amide bonds. The summed E-state index contributed by atoms with van der Waals surface area (Å²) in [4.78, 5) is 16.5. The molecule has 1 aliphatic rings. The van der Waals surface area contributed by atoms with Crippen LogP contribution in [0.25, 0.3) is 22.4 Å². The van der Waals surface area contributed by atoms with Gasteiger partial charge >= 0.3 is 6.18 Å². The van der Waals surface area contributed by atoms with Gasteiger partial charge in [0.2, 0.25) is 0 Å². The highest BCUT2D eigenvalue weighted by molar-refractivity contribution is 6.01. The molecule has 36 heavy (non-hydrogen) atoms. The van der Waals surface area contributed by atoms with Gasteiger partial charge in [-0.05, 0) is 50.6 Å². The number of amides is 1. The molecule has 3 N–H and O–H groups in total. The van der Waals surface area contributed by atoms with Gasteiger partial charge in [-0.25, -0.2) is 4.98 Å². The van der Waals surface area contributed by atoms with E-state index in [1.165, 1.54) is 10.9 Å². The lowest BCUT2D eigenvalue weighted by Gasteiger charge is -2.20.